The second-order valence-electron chi connectivity index (χ2n) is 6.47. The number of benzene rings is 1. The van der Waals surface area contributed by atoms with Gasteiger partial charge in [0, 0.05) is 38.1 Å². The van der Waals surface area contributed by atoms with Crippen LogP contribution < -0.4 is 0 Å². The first-order valence-electron chi connectivity index (χ1n) is 7.72. The van der Waals surface area contributed by atoms with Crippen molar-refractivity contribution in [1.29, 1.82) is 0 Å². The highest BCUT2D eigenvalue weighted by Gasteiger charge is 2.43. The monoisotopic (exact) mass is 272 g/mol. The first kappa shape index (κ1) is 13.6. The molecule has 2 heterocycles. The first-order chi connectivity index (χ1) is 9.65. The van der Waals surface area contributed by atoms with Gasteiger partial charge in [0.05, 0.1) is 0 Å². The number of likely N-dealkylation sites (tertiary alicyclic amines) is 2. The van der Waals surface area contributed by atoms with Crippen LogP contribution in [0.25, 0.3) is 0 Å². The van der Waals surface area contributed by atoms with Crippen molar-refractivity contribution in [3.63, 3.8) is 0 Å². The van der Waals surface area contributed by atoms with E-state index in [1.165, 1.54) is 18.5 Å². The number of fused-ring (bicyclic) bond motifs is 1. The van der Waals surface area contributed by atoms with Crippen LogP contribution in [0.15, 0.2) is 30.3 Å². The number of carbonyl (C=O) groups excluding carboxylic acids is 1. The normalized spacial score (nSPS) is 26.2. The molecular weight excluding hydrogens is 248 g/mol. The fourth-order valence-corrected chi connectivity index (χ4v) is 3.47. The highest BCUT2D eigenvalue weighted by molar-refractivity contribution is 5.78. The highest BCUT2D eigenvalue weighted by atomic mass is 16.2. The Morgan fingerprint density at radius 2 is 2.00 bits per heavy atom. The summed E-state index contributed by atoms with van der Waals surface area (Å²) in [5.41, 5.74) is 1.37. The minimum atomic E-state index is 0.120. The summed E-state index contributed by atoms with van der Waals surface area (Å²) >= 11 is 0. The van der Waals surface area contributed by atoms with E-state index < -0.39 is 0 Å². The summed E-state index contributed by atoms with van der Waals surface area (Å²) in [5.74, 6) is 1.24. The molecule has 0 spiro atoms. The average Bonchev–Trinajstić information content (AvgIpc) is 2.45. The summed E-state index contributed by atoms with van der Waals surface area (Å²) in [4.78, 5) is 16.7. The van der Waals surface area contributed by atoms with Crippen LogP contribution >= 0.6 is 0 Å². The number of carbonyl (C=O) groups is 1. The molecule has 3 heteroatoms. The lowest BCUT2D eigenvalue weighted by molar-refractivity contribution is -0.141. The van der Waals surface area contributed by atoms with Gasteiger partial charge in [0.1, 0.15) is 0 Å². The van der Waals surface area contributed by atoms with Gasteiger partial charge in [-0.15, -0.1) is 0 Å². The predicted octanol–water partition coefficient (Wildman–Crippen LogP) is 2.38. The zero-order valence-corrected chi connectivity index (χ0v) is 12.5. The minimum Gasteiger partial charge on any atom is -0.341 e. The van der Waals surface area contributed by atoms with Gasteiger partial charge in [0.25, 0.3) is 0 Å². The molecule has 0 N–H and O–H groups in total. The lowest BCUT2D eigenvalue weighted by Gasteiger charge is -2.53. The fourth-order valence-electron chi connectivity index (χ4n) is 3.47. The molecule has 2 fully saturated rings. The molecule has 0 radical (unpaired) electrons. The molecule has 0 saturated carbocycles. The summed E-state index contributed by atoms with van der Waals surface area (Å²) in [6.45, 7) is 8.09. The van der Waals surface area contributed by atoms with Crippen LogP contribution in [-0.2, 0) is 11.3 Å². The molecule has 2 atom stereocenters. The minimum absolute atomic E-state index is 0.120. The molecule has 2 aliphatic rings. The van der Waals surface area contributed by atoms with Crippen molar-refractivity contribution in [3.8, 4) is 0 Å². The maximum Gasteiger partial charge on any atom is 0.225 e. The van der Waals surface area contributed by atoms with Gasteiger partial charge < -0.3 is 4.90 Å². The van der Waals surface area contributed by atoms with Crippen molar-refractivity contribution in [3.05, 3.63) is 35.9 Å². The van der Waals surface area contributed by atoms with Crippen LogP contribution in [0.5, 0.6) is 0 Å². The molecule has 1 aromatic rings. The van der Waals surface area contributed by atoms with Crippen LogP contribution in [0.3, 0.4) is 0 Å². The van der Waals surface area contributed by atoms with E-state index in [0.29, 0.717) is 11.9 Å². The summed E-state index contributed by atoms with van der Waals surface area (Å²) < 4.78 is 0. The Labute approximate surface area is 121 Å². The maximum absolute atomic E-state index is 12.1. The molecule has 0 unspecified atom stereocenters. The van der Waals surface area contributed by atoms with Gasteiger partial charge in [0.2, 0.25) is 5.91 Å². The van der Waals surface area contributed by atoms with E-state index in [9.17, 15) is 4.79 Å². The SMILES string of the molecule is CC(C)C(=O)N1CC[C@@H]2CN(Cc3ccccc3)[C@@H]2C1. The second-order valence-corrected chi connectivity index (χ2v) is 6.47. The maximum atomic E-state index is 12.1. The molecule has 2 saturated heterocycles. The predicted molar refractivity (Wildman–Crippen MR) is 80.2 cm³/mol. The van der Waals surface area contributed by atoms with Gasteiger partial charge in [-0.3, -0.25) is 9.69 Å². The standard InChI is InChI=1S/C17H24N2O/c1-13(2)17(20)18-9-8-15-11-19(16(15)12-18)10-14-6-4-3-5-7-14/h3-7,13,15-16H,8-12H2,1-2H3/t15-,16-/m1/s1. The van der Waals surface area contributed by atoms with Crippen LogP contribution in [0.4, 0.5) is 0 Å². The van der Waals surface area contributed by atoms with E-state index >= 15 is 0 Å². The first-order valence-corrected chi connectivity index (χ1v) is 7.72. The number of hydrogen-bond donors (Lipinski definition) is 0. The van der Waals surface area contributed by atoms with Crippen LogP contribution in [0, 0.1) is 11.8 Å². The van der Waals surface area contributed by atoms with Crippen molar-refractivity contribution in [2.45, 2.75) is 32.9 Å². The zero-order valence-electron chi connectivity index (χ0n) is 12.5. The highest BCUT2D eigenvalue weighted by Crippen LogP contribution is 2.34. The van der Waals surface area contributed by atoms with E-state index in [2.05, 4.69) is 40.1 Å². The van der Waals surface area contributed by atoms with Crippen molar-refractivity contribution in [2.24, 2.45) is 11.8 Å². The molecular formula is C17H24N2O. The van der Waals surface area contributed by atoms with Gasteiger partial charge in [-0.05, 0) is 17.9 Å². The number of amides is 1. The van der Waals surface area contributed by atoms with Crippen molar-refractivity contribution < 1.29 is 4.79 Å². The smallest absolute Gasteiger partial charge is 0.225 e. The van der Waals surface area contributed by atoms with Gasteiger partial charge in [-0.2, -0.15) is 0 Å². The molecule has 20 heavy (non-hydrogen) atoms. The van der Waals surface area contributed by atoms with E-state index in [0.717, 1.165) is 25.6 Å². The van der Waals surface area contributed by atoms with Gasteiger partial charge in [0.15, 0.2) is 0 Å². The Kier molecular flexibility index (Phi) is 3.79. The zero-order chi connectivity index (χ0) is 14.1. The Balaban J connectivity index is 1.60. The topological polar surface area (TPSA) is 23.6 Å². The number of nitrogens with zero attached hydrogens (tertiary/aromatic N) is 2. The van der Waals surface area contributed by atoms with Crippen LogP contribution in [0.1, 0.15) is 25.8 Å². The van der Waals surface area contributed by atoms with E-state index in [4.69, 9.17) is 0 Å². The van der Waals surface area contributed by atoms with Crippen molar-refractivity contribution in [2.75, 3.05) is 19.6 Å². The summed E-state index contributed by atoms with van der Waals surface area (Å²) in [6.07, 6.45) is 1.18. The Hall–Kier alpha value is -1.35. The molecule has 108 valence electrons. The lowest BCUT2D eigenvalue weighted by Crippen LogP contribution is -2.64. The van der Waals surface area contributed by atoms with Gasteiger partial charge in [-0.1, -0.05) is 44.2 Å². The fraction of sp³-hybridized carbons (Fsp3) is 0.588. The third kappa shape index (κ3) is 2.59. The molecule has 1 aromatic carbocycles. The van der Waals surface area contributed by atoms with E-state index in [-0.39, 0.29) is 5.92 Å². The number of hydrogen-bond acceptors (Lipinski definition) is 2. The van der Waals surface area contributed by atoms with E-state index in [1.54, 1.807) is 0 Å². The summed E-state index contributed by atoms with van der Waals surface area (Å²) in [7, 11) is 0. The quantitative estimate of drug-likeness (QED) is 0.843. The summed E-state index contributed by atoms with van der Waals surface area (Å²) in [6, 6.07) is 11.2. The van der Waals surface area contributed by atoms with Crippen LogP contribution in [-0.4, -0.2) is 41.4 Å². The van der Waals surface area contributed by atoms with Crippen LogP contribution in [0.2, 0.25) is 0 Å². The number of piperidine rings is 1. The van der Waals surface area contributed by atoms with Crippen molar-refractivity contribution >= 4 is 5.91 Å². The Bertz CT molecular complexity index is 471. The molecule has 3 rings (SSSR count). The number of rotatable bonds is 3. The van der Waals surface area contributed by atoms with Gasteiger partial charge in [-0.25, -0.2) is 0 Å². The molecule has 0 aromatic heterocycles. The van der Waals surface area contributed by atoms with Gasteiger partial charge >= 0.3 is 0 Å². The third-order valence-corrected chi connectivity index (χ3v) is 4.69. The molecule has 0 aliphatic carbocycles. The van der Waals surface area contributed by atoms with E-state index in [1.807, 2.05) is 13.8 Å². The Morgan fingerprint density at radius 3 is 2.70 bits per heavy atom. The molecule has 3 nitrogen and oxygen atoms in total. The molecule has 2 aliphatic heterocycles. The second kappa shape index (κ2) is 5.57. The van der Waals surface area contributed by atoms with Crippen molar-refractivity contribution in [1.82, 2.24) is 9.80 Å². The molecule has 1 amide bonds. The Morgan fingerprint density at radius 1 is 1.25 bits per heavy atom. The largest absolute Gasteiger partial charge is 0.341 e. The molecule has 0 bridgehead atoms. The lowest BCUT2D eigenvalue weighted by atomic mass is 9.81. The average molecular weight is 272 g/mol. The summed E-state index contributed by atoms with van der Waals surface area (Å²) in [5, 5.41) is 0. The third-order valence-electron chi connectivity index (χ3n) is 4.69.